The third-order valence-corrected chi connectivity index (χ3v) is 9.28. The third-order valence-electron chi connectivity index (χ3n) is 9.28. The first-order valence-electron chi connectivity index (χ1n) is 14.0. The van der Waals surface area contributed by atoms with Gasteiger partial charge in [-0.05, 0) is 61.9 Å². The van der Waals surface area contributed by atoms with Gasteiger partial charge in [0.05, 0.1) is 23.9 Å². The van der Waals surface area contributed by atoms with Gasteiger partial charge in [-0.3, -0.25) is 9.59 Å². The number of aliphatic hydroxyl groups is 1. The van der Waals surface area contributed by atoms with Crippen LogP contribution in [0.25, 0.3) is 0 Å². The molecule has 0 radical (unpaired) electrons. The van der Waals surface area contributed by atoms with Crippen molar-refractivity contribution in [2.75, 3.05) is 44.2 Å². The lowest BCUT2D eigenvalue weighted by Gasteiger charge is -2.39. The number of likely N-dealkylation sites (N-methyl/N-ethyl adjacent to an activating group) is 1. The van der Waals surface area contributed by atoms with E-state index in [0.29, 0.717) is 75.2 Å². The Bertz CT molecular complexity index is 1290. The number of halogens is 3. The van der Waals surface area contributed by atoms with Crippen LogP contribution >= 0.6 is 12.4 Å². The van der Waals surface area contributed by atoms with Crippen molar-refractivity contribution in [3.63, 3.8) is 0 Å². The Morgan fingerprint density at radius 2 is 1.80 bits per heavy atom. The number of anilines is 1. The minimum Gasteiger partial charge on any atom is -0.390 e. The first kappa shape index (κ1) is 28.8. The van der Waals surface area contributed by atoms with Crippen LogP contribution in [0, 0.1) is 5.41 Å². The molecule has 3 heterocycles. The Morgan fingerprint density at radius 3 is 2.50 bits per heavy atom. The van der Waals surface area contributed by atoms with Crippen LogP contribution in [0.15, 0.2) is 42.5 Å². The van der Waals surface area contributed by atoms with E-state index in [1.807, 2.05) is 24.0 Å². The van der Waals surface area contributed by atoms with Crippen molar-refractivity contribution >= 4 is 29.9 Å². The number of fused-ring (bicyclic) bond motifs is 2. The monoisotopic (exact) mass is 574 g/mol. The smallest absolute Gasteiger partial charge is 0.270 e. The van der Waals surface area contributed by atoms with E-state index in [1.165, 1.54) is 16.0 Å². The summed E-state index contributed by atoms with van der Waals surface area (Å²) in [7, 11) is 0. The Hall–Kier alpha value is -2.75. The number of carbonyl (C=O) groups is 2. The second kappa shape index (κ2) is 10.9. The number of likely N-dealkylation sites (tertiary alicyclic amines) is 1. The molecule has 1 unspecified atom stereocenters. The minimum atomic E-state index is -2.87. The molecule has 2 aromatic carbocycles. The number of aliphatic hydroxyl groups excluding tert-OH is 1. The molecule has 6 rings (SSSR count). The molecule has 0 aromatic heterocycles. The SMILES string of the molecule is CCN1CCN(CC(O)[C@@H]2Cc3ccccc3CN2)C(=O)c2ccc(C(=O)N3CCC4(CC4)C(F)(F)C3)cc21.Cl. The molecule has 2 amide bonds. The number of benzene rings is 2. The van der Waals surface area contributed by atoms with Crippen molar-refractivity contribution in [1.29, 1.82) is 0 Å². The molecular formula is C30H37ClF2N4O3. The Kier molecular flexibility index (Phi) is 7.85. The van der Waals surface area contributed by atoms with Crippen molar-refractivity contribution in [2.24, 2.45) is 5.41 Å². The van der Waals surface area contributed by atoms with Crippen LogP contribution in [0.5, 0.6) is 0 Å². The molecular weight excluding hydrogens is 538 g/mol. The van der Waals surface area contributed by atoms with Crippen molar-refractivity contribution in [3.05, 3.63) is 64.7 Å². The van der Waals surface area contributed by atoms with Gasteiger partial charge in [0.25, 0.3) is 17.7 Å². The highest BCUT2D eigenvalue weighted by Gasteiger charge is 2.64. The largest absolute Gasteiger partial charge is 0.390 e. The number of nitrogens with zero attached hydrogens (tertiary/aromatic N) is 3. The van der Waals surface area contributed by atoms with Gasteiger partial charge in [-0.25, -0.2) is 8.78 Å². The highest BCUT2D eigenvalue weighted by molar-refractivity contribution is 6.03. The van der Waals surface area contributed by atoms with Crippen LogP contribution in [0.3, 0.4) is 0 Å². The van der Waals surface area contributed by atoms with Gasteiger partial charge in [-0.2, -0.15) is 0 Å². The zero-order chi connectivity index (χ0) is 27.4. The van der Waals surface area contributed by atoms with E-state index in [9.17, 15) is 23.5 Å². The molecule has 10 heteroatoms. The molecule has 1 saturated heterocycles. The van der Waals surface area contributed by atoms with Crippen LogP contribution in [-0.2, 0) is 13.0 Å². The van der Waals surface area contributed by atoms with Gasteiger partial charge in [-0.15, -0.1) is 12.4 Å². The number of hydrogen-bond donors (Lipinski definition) is 2. The predicted octanol–water partition coefficient (Wildman–Crippen LogP) is 3.73. The van der Waals surface area contributed by atoms with E-state index in [2.05, 4.69) is 17.4 Å². The maximum Gasteiger partial charge on any atom is 0.270 e. The molecule has 2 N–H and O–H groups in total. The maximum atomic E-state index is 14.7. The summed E-state index contributed by atoms with van der Waals surface area (Å²) in [6.45, 7) is 4.24. The molecule has 4 aliphatic rings. The number of carbonyl (C=O) groups excluding carboxylic acids is 2. The van der Waals surface area contributed by atoms with E-state index in [0.717, 1.165) is 0 Å². The fraction of sp³-hybridized carbons (Fsp3) is 0.533. The molecule has 0 bridgehead atoms. The van der Waals surface area contributed by atoms with Gasteiger partial charge in [0.2, 0.25) is 0 Å². The highest BCUT2D eigenvalue weighted by Crippen LogP contribution is 2.61. The normalized spacial score (nSPS) is 23.6. The van der Waals surface area contributed by atoms with Crippen LogP contribution in [-0.4, -0.2) is 84.1 Å². The first-order valence-corrected chi connectivity index (χ1v) is 14.0. The number of nitrogens with one attached hydrogen (secondary N) is 1. The quantitative estimate of drug-likeness (QED) is 0.569. The molecule has 1 spiro atoms. The van der Waals surface area contributed by atoms with Gasteiger partial charge < -0.3 is 25.1 Å². The maximum absolute atomic E-state index is 14.7. The summed E-state index contributed by atoms with van der Waals surface area (Å²) < 4.78 is 29.5. The Morgan fingerprint density at radius 1 is 1.07 bits per heavy atom. The summed E-state index contributed by atoms with van der Waals surface area (Å²) in [5, 5.41) is 14.5. The Labute approximate surface area is 239 Å². The summed E-state index contributed by atoms with van der Waals surface area (Å²) in [4.78, 5) is 31.9. The number of alkyl halides is 2. The van der Waals surface area contributed by atoms with E-state index in [-0.39, 0.29) is 30.9 Å². The zero-order valence-corrected chi connectivity index (χ0v) is 23.6. The molecule has 7 nitrogen and oxygen atoms in total. The van der Waals surface area contributed by atoms with Gasteiger partial charge in [-0.1, -0.05) is 24.3 Å². The standard InChI is InChI=1S/C30H36F2N4O3.ClH/c1-2-34-13-14-35(18-26(37)24-15-20-5-3-4-6-22(20)17-33-24)28(39)23-8-7-21(16-25(23)34)27(38)36-12-11-29(9-10-29)30(31,32)19-36;/h3-8,16,24,26,33,37H,2,9-15,17-19H2,1H3;1H/t24-,26?;/m0./s1. The van der Waals surface area contributed by atoms with Gasteiger partial charge in [0.1, 0.15) is 0 Å². The second-order valence-electron chi connectivity index (χ2n) is 11.6. The third kappa shape index (κ3) is 5.08. The number of hydrogen-bond acceptors (Lipinski definition) is 5. The van der Waals surface area contributed by atoms with Crippen LogP contribution in [0.2, 0.25) is 0 Å². The molecule has 216 valence electrons. The van der Waals surface area contributed by atoms with E-state index < -0.39 is 29.9 Å². The second-order valence-corrected chi connectivity index (χ2v) is 11.6. The molecule has 3 aliphatic heterocycles. The zero-order valence-electron chi connectivity index (χ0n) is 22.7. The molecule has 1 saturated carbocycles. The lowest BCUT2D eigenvalue weighted by molar-refractivity contribution is -0.116. The van der Waals surface area contributed by atoms with Crippen molar-refractivity contribution in [2.45, 2.75) is 57.2 Å². The van der Waals surface area contributed by atoms with Crippen molar-refractivity contribution in [3.8, 4) is 0 Å². The summed E-state index contributed by atoms with van der Waals surface area (Å²) in [6, 6.07) is 12.9. The van der Waals surface area contributed by atoms with Crippen LogP contribution < -0.4 is 10.2 Å². The number of piperidine rings is 1. The molecule has 40 heavy (non-hydrogen) atoms. The average Bonchev–Trinajstić information content (AvgIpc) is 3.75. The lowest BCUT2D eigenvalue weighted by atomic mass is 9.89. The van der Waals surface area contributed by atoms with Crippen molar-refractivity contribution in [1.82, 2.24) is 15.1 Å². The highest BCUT2D eigenvalue weighted by atomic mass is 35.5. The van der Waals surface area contributed by atoms with Crippen LogP contribution in [0.4, 0.5) is 14.5 Å². The summed E-state index contributed by atoms with van der Waals surface area (Å²) in [5.74, 6) is -3.48. The number of rotatable bonds is 5. The first-order chi connectivity index (χ1) is 18.7. The topological polar surface area (TPSA) is 76.1 Å². The summed E-state index contributed by atoms with van der Waals surface area (Å²) in [5.41, 5.74) is 2.94. The van der Waals surface area contributed by atoms with E-state index >= 15 is 0 Å². The van der Waals surface area contributed by atoms with Crippen LogP contribution in [0.1, 0.15) is 58.0 Å². The average molecular weight is 575 g/mol. The van der Waals surface area contributed by atoms with E-state index in [4.69, 9.17) is 0 Å². The molecule has 1 aliphatic carbocycles. The van der Waals surface area contributed by atoms with E-state index in [1.54, 1.807) is 23.1 Å². The predicted molar refractivity (Wildman–Crippen MR) is 151 cm³/mol. The number of amides is 2. The van der Waals surface area contributed by atoms with Crippen molar-refractivity contribution < 1.29 is 23.5 Å². The fourth-order valence-corrected chi connectivity index (χ4v) is 6.49. The summed E-state index contributed by atoms with van der Waals surface area (Å²) in [6.07, 6.45) is 1.34. The van der Waals surface area contributed by atoms with Gasteiger partial charge in [0.15, 0.2) is 0 Å². The lowest BCUT2D eigenvalue weighted by Crippen LogP contribution is -2.51. The minimum absolute atomic E-state index is 0. The Balaban J connectivity index is 0.00000323. The molecule has 2 fully saturated rings. The molecule has 2 aromatic rings. The van der Waals surface area contributed by atoms with Gasteiger partial charge in [0, 0.05) is 56.3 Å². The van der Waals surface area contributed by atoms with Gasteiger partial charge >= 0.3 is 0 Å². The summed E-state index contributed by atoms with van der Waals surface area (Å²) >= 11 is 0. The number of β-amino-alcohol motifs (C(OH)–C–C–N with tert-alkyl or cyclic N) is 1. The fourth-order valence-electron chi connectivity index (χ4n) is 6.49. The molecule has 2 atom stereocenters.